The molecule has 4 rings (SSSR count). The summed E-state index contributed by atoms with van der Waals surface area (Å²) in [6.45, 7) is 6.35. The Bertz CT molecular complexity index is 913. The molecule has 0 bridgehead atoms. The Kier molecular flexibility index (Phi) is 7.14. The van der Waals surface area contributed by atoms with Gasteiger partial charge in [-0.05, 0) is 38.1 Å². The van der Waals surface area contributed by atoms with E-state index in [0.29, 0.717) is 24.2 Å². The molecule has 7 heteroatoms. The minimum absolute atomic E-state index is 0.104. The fourth-order valence-corrected chi connectivity index (χ4v) is 4.59. The highest BCUT2D eigenvalue weighted by Gasteiger charge is 2.23. The van der Waals surface area contributed by atoms with Gasteiger partial charge in [-0.1, -0.05) is 25.0 Å². The van der Waals surface area contributed by atoms with Crippen molar-refractivity contribution in [2.24, 2.45) is 0 Å². The van der Waals surface area contributed by atoms with Crippen LogP contribution in [0.1, 0.15) is 36.8 Å². The van der Waals surface area contributed by atoms with Crippen molar-refractivity contribution in [2.75, 3.05) is 51.3 Å². The fourth-order valence-electron chi connectivity index (χ4n) is 4.59. The molecule has 2 saturated heterocycles. The van der Waals surface area contributed by atoms with E-state index in [-0.39, 0.29) is 5.75 Å². The van der Waals surface area contributed by atoms with Gasteiger partial charge in [0, 0.05) is 44.8 Å². The number of anilines is 1. The molecule has 7 nitrogen and oxygen atoms in total. The minimum Gasteiger partial charge on any atom is -0.507 e. The number of piperazine rings is 1. The molecule has 1 N–H and O–H groups in total. The van der Waals surface area contributed by atoms with Crippen LogP contribution in [0.3, 0.4) is 0 Å². The quantitative estimate of drug-likeness (QED) is 0.760. The number of para-hydroxylation sites is 2. The van der Waals surface area contributed by atoms with Crippen LogP contribution < -0.4 is 15.3 Å². The SMILES string of the molecule is COc1ccccc1N1CCN(Cc2c(O)c(CN3CCCCCC3)coc2=O)CC1. The molecule has 1 aromatic carbocycles. The Hall–Kier alpha value is -2.51. The van der Waals surface area contributed by atoms with E-state index in [1.807, 2.05) is 18.2 Å². The van der Waals surface area contributed by atoms with Gasteiger partial charge in [-0.3, -0.25) is 9.80 Å². The minimum atomic E-state index is -0.440. The molecule has 0 amide bonds. The van der Waals surface area contributed by atoms with E-state index >= 15 is 0 Å². The van der Waals surface area contributed by atoms with Crippen molar-refractivity contribution < 1.29 is 14.3 Å². The lowest BCUT2D eigenvalue weighted by molar-refractivity contribution is 0.238. The Labute approximate surface area is 183 Å². The van der Waals surface area contributed by atoms with Gasteiger partial charge in [0.1, 0.15) is 17.8 Å². The maximum atomic E-state index is 12.4. The summed E-state index contributed by atoms with van der Waals surface area (Å²) in [6.07, 6.45) is 6.32. The number of ether oxygens (including phenoxy) is 1. The molecule has 0 radical (unpaired) electrons. The van der Waals surface area contributed by atoms with Crippen molar-refractivity contribution >= 4 is 5.69 Å². The lowest BCUT2D eigenvalue weighted by Gasteiger charge is -2.36. The summed E-state index contributed by atoms with van der Waals surface area (Å²) < 4.78 is 10.8. The van der Waals surface area contributed by atoms with Gasteiger partial charge >= 0.3 is 5.63 Å². The third kappa shape index (κ3) is 5.22. The van der Waals surface area contributed by atoms with Crippen LogP contribution in [-0.4, -0.2) is 61.3 Å². The van der Waals surface area contributed by atoms with E-state index in [1.54, 1.807) is 7.11 Å². The van der Waals surface area contributed by atoms with Gasteiger partial charge in [0.05, 0.1) is 18.4 Å². The highest BCUT2D eigenvalue weighted by Crippen LogP contribution is 2.29. The molecule has 2 aliphatic rings. The number of likely N-dealkylation sites (tertiary alicyclic amines) is 1. The smallest absolute Gasteiger partial charge is 0.343 e. The van der Waals surface area contributed by atoms with Gasteiger partial charge in [-0.15, -0.1) is 0 Å². The largest absolute Gasteiger partial charge is 0.507 e. The molecular formula is C24H33N3O4. The van der Waals surface area contributed by atoms with Crippen molar-refractivity contribution in [2.45, 2.75) is 38.8 Å². The molecule has 168 valence electrons. The van der Waals surface area contributed by atoms with E-state index in [2.05, 4.69) is 20.8 Å². The summed E-state index contributed by atoms with van der Waals surface area (Å²) in [7, 11) is 1.69. The zero-order chi connectivity index (χ0) is 21.6. The summed E-state index contributed by atoms with van der Waals surface area (Å²) in [5.74, 6) is 0.975. The molecule has 0 spiro atoms. The normalized spacial score (nSPS) is 18.7. The van der Waals surface area contributed by atoms with Crippen LogP contribution in [0.4, 0.5) is 5.69 Å². The van der Waals surface area contributed by atoms with E-state index in [4.69, 9.17) is 9.15 Å². The van der Waals surface area contributed by atoms with Crippen LogP contribution in [-0.2, 0) is 13.1 Å². The molecule has 0 saturated carbocycles. The van der Waals surface area contributed by atoms with Crippen LogP contribution in [0.2, 0.25) is 0 Å². The summed E-state index contributed by atoms with van der Waals surface area (Å²) >= 11 is 0. The van der Waals surface area contributed by atoms with Crippen molar-refractivity contribution in [3.8, 4) is 11.5 Å². The maximum absolute atomic E-state index is 12.4. The Balaban J connectivity index is 1.41. The number of nitrogens with zero attached hydrogens (tertiary/aromatic N) is 3. The van der Waals surface area contributed by atoms with E-state index in [1.165, 1.54) is 31.9 Å². The molecule has 2 aromatic rings. The van der Waals surface area contributed by atoms with Crippen molar-refractivity contribution in [1.29, 1.82) is 0 Å². The Morgan fingerprint density at radius 2 is 1.61 bits per heavy atom. The molecule has 2 aliphatic heterocycles. The van der Waals surface area contributed by atoms with Crippen molar-refractivity contribution in [1.82, 2.24) is 9.80 Å². The Morgan fingerprint density at radius 1 is 0.935 bits per heavy atom. The number of aromatic hydroxyl groups is 1. The van der Waals surface area contributed by atoms with Gasteiger partial charge < -0.3 is 19.2 Å². The second-order valence-corrected chi connectivity index (χ2v) is 8.50. The molecule has 0 aliphatic carbocycles. The predicted octanol–water partition coefficient (Wildman–Crippen LogP) is 3.05. The number of methoxy groups -OCH3 is 1. The first-order valence-electron chi connectivity index (χ1n) is 11.3. The van der Waals surface area contributed by atoms with Gasteiger partial charge in [0.25, 0.3) is 0 Å². The second-order valence-electron chi connectivity index (χ2n) is 8.50. The third-order valence-corrected chi connectivity index (χ3v) is 6.42. The summed E-state index contributed by atoms with van der Waals surface area (Å²) in [5, 5.41) is 10.9. The van der Waals surface area contributed by atoms with Gasteiger partial charge in [-0.25, -0.2) is 4.79 Å². The van der Waals surface area contributed by atoms with E-state index in [0.717, 1.165) is 50.7 Å². The van der Waals surface area contributed by atoms with Crippen LogP contribution in [0.5, 0.6) is 11.5 Å². The molecular weight excluding hydrogens is 394 g/mol. The first-order chi connectivity index (χ1) is 15.2. The summed E-state index contributed by atoms with van der Waals surface area (Å²) in [6, 6.07) is 8.03. The highest BCUT2D eigenvalue weighted by molar-refractivity contribution is 5.58. The Morgan fingerprint density at radius 3 is 2.32 bits per heavy atom. The maximum Gasteiger partial charge on any atom is 0.343 e. The van der Waals surface area contributed by atoms with Gasteiger partial charge in [-0.2, -0.15) is 0 Å². The molecule has 3 heterocycles. The summed E-state index contributed by atoms with van der Waals surface area (Å²) in [4.78, 5) is 19.2. The van der Waals surface area contributed by atoms with Gasteiger partial charge in [0.2, 0.25) is 0 Å². The average molecular weight is 428 g/mol. The third-order valence-electron chi connectivity index (χ3n) is 6.42. The average Bonchev–Trinajstić information content (AvgIpc) is 3.08. The van der Waals surface area contributed by atoms with Crippen LogP contribution in [0.25, 0.3) is 0 Å². The van der Waals surface area contributed by atoms with Crippen molar-refractivity contribution in [3.63, 3.8) is 0 Å². The number of hydrogen-bond acceptors (Lipinski definition) is 7. The predicted molar refractivity (Wildman–Crippen MR) is 121 cm³/mol. The fraction of sp³-hybridized carbons (Fsp3) is 0.542. The van der Waals surface area contributed by atoms with E-state index < -0.39 is 5.63 Å². The summed E-state index contributed by atoms with van der Waals surface area (Å²) in [5.41, 5.74) is 1.73. The zero-order valence-corrected chi connectivity index (χ0v) is 18.4. The lowest BCUT2D eigenvalue weighted by Crippen LogP contribution is -2.46. The molecule has 2 fully saturated rings. The van der Waals surface area contributed by atoms with Crippen LogP contribution >= 0.6 is 0 Å². The zero-order valence-electron chi connectivity index (χ0n) is 18.4. The first-order valence-corrected chi connectivity index (χ1v) is 11.3. The molecule has 0 atom stereocenters. The molecule has 1 aromatic heterocycles. The van der Waals surface area contributed by atoms with Crippen molar-refractivity contribution in [3.05, 3.63) is 52.1 Å². The topological polar surface area (TPSA) is 69.4 Å². The lowest BCUT2D eigenvalue weighted by atomic mass is 10.1. The second kappa shape index (κ2) is 10.2. The first kappa shape index (κ1) is 21.7. The monoisotopic (exact) mass is 427 g/mol. The highest BCUT2D eigenvalue weighted by atomic mass is 16.5. The number of rotatable bonds is 6. The van der Waals surface area contributed by atoms with Gasteiger partial charge in [0.15, 0.2) is 0 Å². The van der Waals surface area contributed by atoms with Crippen LogP contribution in [0.15, 0.2) is 39.7 Å². The standard InChI is InChI=1S/C24H33N3O4/c1-30-22-9-5-4-8-21(22)27-14-12-26(13-15-27)17-20-23(28)19(18-31-24(20)29)16-25-10-6-2-3-7-11-25/h4-5,8-9,18,28H,2-3,6-7,10-17H2,1H3. The molecule has 0 unspecified atom stereocenters. The number of benzene rings is 1. The van der Waals surface area contributed by atoms with Crippen LogP contribution in [0, 0.1) is 0 Å². The molecule has 31 heavy (non-hydrogen) atoms. The van der Waals surface area contributed by atoms with E-state index in [9.17, 15) is 9.90 Å². The number of hydrogen-bond donors (Lipinski definition) is 1.